The Morgan fingerprint density at radius 2 is 1.91 bits per heavy atom. The third-order valence-corrected chi connectivity index (χ3v) is 6.33. The normalized spacial score (nSPS) is 16.2. The molecule has 0 spiro atoms. The van der Waals surface area contributed by atoms with E-state index in [1.165, 1.54) is 11.6 Å². The number of hydrogen-bond donors (Lipinski definition) is 1. The van der Waals surface area contributed by atoms with E-state index in [9.17, 15) is 8.78 Å². The summed E-state index contributed by atoms with van der Waals surface area (Å²) in [5, 5.41) is 3.07. The molecule has 1 N–H and O–H groups in total. The quantitative estimate of drug-likeness (QED) is 0.495. The molecule has 0 amide bonds. The monoisotopic (exact) mass is 447 g/mol. The molecule has 1 saturated carbocycles. The van der Waals surface area contributed by atoms with Crippen LogP contribution in [0.25, 0.3) is 22.3 Å². The van der Waals surface area contributed by atoms with Gasteiger partial charge in [0.05, 0.1) is 11.7 Å². The summed E-state index contributed by atoms with van der Waals surface area (Å²) < 4.78 is 31.7. The molecule has 9 heteroatoms. The van der Waals surface area contributed by atoms with Crippen molar-refractivity contribution in [3.8, 4) is 11.3 Å². The molecular formula is C24H23F2N7. The number of benzene rings is 1. The number of hydrogen-bond acceptors (Lipinski definition) is 6. The molecule has 3 aromatic heterocycles. The van der Waals surface area contributed by atoms with E-state index in [2.05, 4.69) is 37.2 Å². The third-order valence-electron chi connectivity index (χ3n) is 6.33. The Balaban J connectivity index is 1.36. The zero-order chi connectivity index (χ0) is 22.7. The van der Waals surface area contributed by atoms with Crippen LogP contribution in [-0.2, 0) is 13.0 Å². The molecule has 1 aliphatic carbocycles. The van der Waals surface area contributed by atoms with Crippen molar-refractivity contribution in [3.05, 3.63) is 59.2 Å². The molecule has 0 unspecified atom stereocenters. The number of aryl methyl sites for hydroxylation is 1. The lowest BCUT2D eigenvalue weighted by Gasteiger charge is -2.24. The van der Waals surface area contributed by atoms with Gasteiger partial charge in [-0.15, -0.1) is 0 Å². The van der Waals surface area contributed by atoms with E-state index in [4.69, 9.17) is 0 Å². The fraction of sp³-hybridized carbons (Fsp3) is 0.333. The maximum Gasteiger partial charge on any atom is 0.229 e. The van der Waals surface area contributed by atoms with Crippen LogP contribution in [0.3, 0.4) is 0 Å². The van der Waals surface area contributed by atoms with Crippen molar-refractivity contribution < 1.29 is 8.78 Å². The second-order valence-electron chi connectivity index (χ2n) is 8.89. The summed E-state index contributed by atoms with van der Waals surface area (Å²) in [5.74, 6) is 0.464. The van der Waals surface area contributed by atoms with Gasteiger partial charge in [-0.25, -0.2) is 28.7 Å². The second kappa shape index (κ2) is 7.55. The van der Waals surface area contributed by atoms with Crippen molar-refractivity contribution in [2.45, 2.75) is 38.8 Å². The van der Waals surface area contributed by atoms with Gasteiger partial charge in [0.1, 0.15) is 22.9 Å². The summed E-state index contributed by atoms with van der Waals surface area (Å²) in [5.41, 5.74) is 3.59. The zero-order valence-electron chi connectivity index (χ0n) is 18.4. The van der Waals surface area contributed by atoms with Gasteiger partial charge < -0.3 is 14.8 Å². The van der Waals surface area contributed by atoms with Gasteiger partial charge in [0.25, 0.3) is 0 Å². The minimum Gasteiger partial charge on any atom is -0.325 e. The Hall–Kier alpha value is -3.46. The first kappa shape index (κ1) is 20.2. The molecule has 0 radical (unpaired) electrons. The topological polar surface area (TPSA) is 71.8 Å². The molecule has 7 nitrogen and oxygen atoms in total. The summed E-state index contributed by atoms with van der Waals surface area (Å²) in [6, 6.07) is 7.28. The highest BCUT2D eigenvalue weighted by molar-refractivity contribution is 5.83. The molecule has 1 aromatic carbocycles. The van der Waals surface area contributed by atoms with Crippen molar-refractivity contribution in [2.75, 3.05) is 18.9 Å². The van der Waals surface area contributed by atoms with Crippen LogP contribution in [0.4, 0.5) is 20.5 Å². The van der Waals surface area contributed by atoms with E-state index in [1.54, 1.807) is 6.07 Å². The average Bonchev–Trinajstić information content (AvgIpc) is 3.57. The Bertz CT molecular complexity index is 1390. The van der Waals surface area contributed by atoms with E-state index in [0.717, 1.165) is 50.1 Å². The molecule has 1 fully saturated rings. The second-order valence-corrected chi connectivity index (χ2v) is 8.89. The van der Waals surface area contributed by atoms with Gasteiger partial charge in [-0.05, 0) is 50.6 Å². The van der Waals surface area contributed by atoms with Crippen molar-refractivity contribution >= 4 is 22.8 Å². The van der Waals surface area contributed by atoms with Crippen molar-refractivity contribution in [2.24, 2.45) is 0 Å². The Labute approximate surface area is 189 Å². The van der Waals surface area contributed by atoms with Gasteiger partial charge in [0.15, 0.2) is 11.6 Å². The number of anilines is 2. The van der Waals surface area contributed by atoms with Gasteiger partial charge >= 0.3 is 0 Å². The average molecular weight is 447 g/mol. The third kappa shape index (κ3) is 3.62. The maximum atomic E-state index is 14.9. The molecule has 1 aliphatic heterocycles. The minimum atomic E-state index is -0.616. The Morgan fingerprint density at radius 3 is 2.73 bits per heavy atom. The SMILES string of the molecule is Cc1nc2c(F)cc(-c3nc(Nc4ccc5c(n4)CCN(C)C5)ncc3F)cc2n1C1CC1. The highest BCUT2D eigenvalue weighted by Gasteiger charge is 2.28. The highest BCUT2D eigenvalue weighted by atomic mass is 19.1. The summed E-state index contributed by atoms with van der Waals surface area (Å²) in [6.07, 6.45) is 4.05. The van der Waals surface area contributed by atoms with E-state index < -0.39 is 11.6 Å². The maximum absolute atomic E-state index is 14.9. The van der Waals surface area contributed by atoms with Crippen LogP contribution < -0.4 is 5.32 Å². The molecule has 4 heterocycles. The van der Waals surface area contributed by atoms with E-state index in [0.29, 0.717) is 28.5 Å². The molecule has 0 bridgehead atoms. The molecule has 4 aromatic rings. The van der Waals surface area contributed by atoms with E-state index >= 15 is 0 Å². The predicted octanol–water partition coefficient (Wildman–Crippen LogP) is 4.54. The smallest absolute Gasteiger partial charge is 0.229 e. The number of likely N-dealkylation sites (N-methyl/N-ethyl adjacent to an activating group) is 1. The fourth-order valence-electron chi connectivity index (χ4n) is 4.57. The van der Waals surface area contributed by atoms with Crippen molar-refractivity contribution in [3.63, 3.8) is 0 Å². The molecule has 168 valence electrons. The van der Waals surface area contributed by atoms with E-state index in [-0.39, 0.29) is 11.6 Å². The lowest BCUT2D eigenvalue weighted by atomic mass is 10.1. The molecule has 0 saturated heterocycles. The van der Waals surface area contributed by atoms with Gasteiger partial charge in [-0.1, -0.05) is 6.07 Å². The minimum absolute atomic E-state index is 0.0362. The number of nitrogens with zero attached hydrogens (tertiary/aromatic N) is 6. The largest absolute Gasteiger partial charge is 0.325 e. The van der Waals surface area contributed by atoms with Gasteiger partial charge in [-0.3, -0.25) is 0 Å². The van der Waals surface area contributed by atoms with Crippen LogP contribution in [0, 0.1) is 18.6 Å². The number of pyridine rings is 1. The predicted molar refractivity (Wildman–Crippen MR) is 121 cm³/mol. The van der Waals surface area contributed by atoms with Crippen molar-refractivity contribution in [1.82, 2.24) is 29.4 Å². The fourth-order valence-corrected chi connectivity index (χ4v) is 4.57. The van der Waals surface area contributed by atoms with Gasteiger partial charge in [0.2, 0.25) is 5.95 Å². The number of imidazole rings is 1. The molecule has 0 atom stereocenters. The number of fused-ring (bicyclic) bond motifs is 2. The Kier molecular flexibility index (Phi) is 4.62. The number of halogens is 2. The Morgan fingerprint density at radius 1 is 1.06 bits per heavy atom. The lowest BCUT2D eigenvalue weighted by molar-refractivity contribution is 0.310. The summed E-state index contributed by atoms with van der Waals surface area (Å²) in [4.78, 5) is 19.7. The summed E-state index contributed by atoms with van der Waals surface area (Å²) in [7, 11) is 2.09. The standard InChI is InChI=1S/C24H23F2N7/c1-13-28-23-17(25)9-15(10-20(23)33(13)16-4-5-16)22-18(26)11-27-24(31-22)30-21-6-3-14-12-32(2)8-7-19(14)29-21/h3,6,9-11,16H,4-5,7-8,12H2,1-2H3,(H,27,29,30,31). The summed E-state index contributed by atoms with van der Waals surface area (Å²) in [6.45, 7) is 3.69. The molecule has 6 rings (SSSR count). The summed E-state index contributed by atoms with van der Waals surface area (Å²) >= 11 is 0. The molecule has 2 aliphatic rings. The van der Waals surface area contributed by atoms with Crippen molar-refractivity contribution in [1.29, 1.82) is 0 Å². The molecular weight excluding hydrogens is 424 g/mol. The van der Waals surface area contributed by atoms with Crippen LogP contribution in [0.15, 0.2) is 30.5 Å². The first-order chi connectivity index (χ1) is 16.0. The van der Waals surface area contributed by atoms with E-state index in [1.807, 2.05) is 23.6 Å². The number of nitrogens with one attached hydrogen (secondary N) is 1. The van der Waals surface area contributed by atoms with Crippen LogP contribution in [-0.4, -0.2) is 43.0 Å². The highest BCUT2D eigenvalue weighted by Crippen LogP contribution is 2.40. The van der Waals surface area contributed by atoms with Crippen LogP contribution in [0.2, 0.25) is 0 Å². The van der Waals surface area contributed by atoms with Gasteiger partial charge in [-0.2, -0.15) is 0 Å². The number of aromatic nitrogens is 5. The van der Waals surface area contributed by atoms with Crippen LogP contribution in [0.5, 0.6) is 0 Å². The lowest BCUT2D eigenvalue weighted by Crippen LogP contribution is -2.27. The first-order valence-electron chi connectivity index (χ1n) is 11.1. The van der Waals surface area contributed by atoms with Gasteiger partial charge in [0, 0.05) is 36.8 Å². The van der Waals surface area contributed by atoms with Crippen LogP contribution in [0.1, 0.15) is 36.0 Å². The number of rotatable bonds is 4. The first-order valence-corrected chi connectivity index (χ1v) is 11.1. The van der Waals surface area contributed by atoms with Crippen LogP contribution >= 0.6 is 0 Å². The molecule has 33 heavy (non-hydrogen) atoms. The zero-order valence-corrected chi connectivity index (χ0v) is 18.4.